The van der Waals surface area contributed by atoms with E-state index in [1.807, 2.05) is 24.3 Å². The van der Waals surface area contributed by atoms with Crippen molar-refractivity contribution in [2.45, 2.75) is 0 Å². The first-order valence-electron chi connectivity index (χ1n) is 11.9. The van der Waals surface area contributed by atoms with Gasteiger partial charge in [-0.1, -0.05) is 84.9 Å². The monoisotopic (exact) mass is 460 g/mol. The van der Waals surface area contributed by atoms with Crippen LogP contribution >= 0.6 is 0 Å². The van der Waals surface area contributed by atoms with Gasteiger partial charge in [-0.05, 0) is 35.0 Å². The highest BCUT2D eigenvalue weighted by Crippen LogP contribution is 2.35. The van der Waals surface area contributed by atoms with Crippen LogP contribution in [0.1, 0.15) is 0 Å². The molecule has 0 radical (unpaired) electrons. The first-order chi connectivity index (χ1) is 17.8. The Bertz CT molecular complexity index is 1880. The molecule has 4 heteroatoms. The standard InChI is InChI=1S/C32H20N4/c1-2-7-21(8-3-1)28-17-13-22-11-12-23-14-18-29(36-31(23)30(22)35-28)26-15-16-27(32-33-19-6-20-34-32)25-10-5-4-9-24(25)26/h1-20H. The van der Waals surface area contributed by atoms with Crippen LogP contribution in [0.5, 0.6) is 0 Å². The van der Waals surface area contributed by atoms with Gasteiger partial charge in [0.25, 0.3) is 0 Å². The molecular weight excluding hydrogens is 440 g/mol. The van der Waals surface area contributed by atoms with Gasteiger partial charge in [-0.25, -0.2) is 19.9 Å². The highest BCUT2D eigenvalue weighted by molar-refractivity contribution is 6.07. The predicted molar refractivity (Wildman–Crippen MR) is 146 cm³/mol. The number of hydrogen-bond donors (Lipinski definition) is 0. The number of benzene rings is 4. The van der Waals surface area contributed by atoms with Crippen molar-refractivity contribution in [1.82, 2.24) is 19.9 Å². The molecule has 0 atom stereocenters. The number of hydrogen-bond acceptors (Lipinski definition) is 4. The zero-order chi connectivity index (χ0) is 23.9. The van der Waals surface area contributed by atoms with Crippen molar-refractivity contribution in [2.75, 3.05) is 0 Å². The van der Waals surface area contributed by atoms with E-state index < -0.39 is 0 Å². The highest BCUT2D eigenvalue weighted by atomic mass is 14.9. The lowest BCUT2D eigenvalue weighted by atomic mass is 9.96. The molecule has 0 aliphatic rings. The summed E-state index contributed by atoms with van der Waals surface area (Å²) in [6.45, 7) is 0. The van der Waals surface area contributed by atoms with Gasteiger partial charge in [-0.2, -0.15) is 0 Å². The van der Waals surface area contributed by atoms with Crippen molar-refractivity contribution in [3.63, 3.8) is 0 Å². The Morgan fingerprint density at radius 2 is 0.972 bits per heavy atom. The van der Waals surface area contributed by atoms with Crippen molar-refractivity contribution >= 4 is 32.6 Å². The molecule has 0 fully saturated rings. The second-order valence-electron chi connectivity index (χ2n) is 8.75. The zero-order valence-electron chi connectivity index (χ0n) is 19.3. The maximum Gasteiger partial charge on any atom is 0.159 e. The maximum absolute atomic E-state index is 5.17. The molecule has 0 N–H and O–H groups in total. The Kier molecular flexibility index (Phi) is 4.74. The molecule has 7 aromatic rings. The minimum atomic E-state index is 0.718. The lowest BCUT2D eigenvalue weighted by molar-refractivity contribution is 1.18. The summed E-state index contributed by atoms with van der Waals surface area (Å²) in [6, 6.07) is 37.3. The van der Waals surface area contributed by atoms with Crippen molar-refractivity contribution in [2.24, 2.45) is 0 Å². The van der Waals surface area contributed by atoms with Crippen LogP contribution in [0.3, 0.4) is 0 Å². The fourth-order valence-electron chi connectivity index (χ4n) is 4.84. The van der Waals surface area contributed by atoms with Crippen molar-refractivity contribution in [3.05, 3.63) is 122 Å². The molecule has 0 aliphatic heterocycles. The molecule has 4 nitrogen and oxygen atoms in total. The molecule has 0 aliphatic carbocycles. The number of fused-ring (bicyclic) bond motifs is 4. The Hall–Kier alpha value is -4.96. The summed E-state index contributed by atoms with van der Waals surface area (Å²) < 4.78 is 0. The predicted octanol–water partition coefficient (Wildman–Crippen LogP) is 7.73. The van der Waals surface area contributed by atoms with Crippen LogP contribution in [0.2, 0.25) is 0 Å². The van der Waals surface area contributed by atoms with Crippen molar-refractivity contribution < 1.29 is 0 Å². The van der Waals surface area contributed by atoms with E-state index in [4.69, 9.17) is 9.97 Å². The van der Waals surface area contributed by atoms with Crippen LogP contribution in [-0.4, -0.2) is 19.9 Å². The third-order valence-electron chi connectivity index (χ3n) is 6.60. The van der Waals surface area contributed by atoms with Gasteiger partial charge >= 0.3 is 0 Å². The van der Waals surface area contributed by atoms with Crippen LogP contribution in [0, 0.1) is 0 Å². The molecule has 0 bridgehead atoms. The molecule has 168 valence electrons. The fraction of sp³-hybridized carbons (Fsp3) is 0. The lowest BCUT2D eigenvalue weighted by Gasteiger charge is -2.12. The van der Waals surface area contributed by atoms with Gasteiger partial charge in [-0.3, -0.25) is 0 Å². The van der Waals surface area contributed by atoms with Crippen LogP contribution < -0.4 is 0 Å². The first kappa shape index (κ1) is 20.4. The van der Waals surface area contributed by atoms with Crippen molar-refractivity contribution in [3.8, 4) is 33.9 Å². The molecule has 4 aromatic carbocycles. The Labute approximate surface area is 208 Å². The van der Waals surface area contributed by atoms with Gasteiger partial charge in [0.1, 0.15) is 0 Å². The zero-order valence-corrected chi connectivity index (χ0v) is 19.3. The van der Waals surface area contributed by atoms with E-state index in [0.717, 1.165) is 66.5 Å². The van der Waals surface area contributed by atoms with E-state index in [0.29, 0.717) is 0 Å². The average molecular weight is 461 g/mol. The van der Waals surface area contributed by atoms with E-state index in [1.165, 1.54) is 0 Å². The van der Waals surface area contributed by atoms with Crippen molar-refractivity contribution in [1.29, 1.82) is 0 Å². The Morgan fingerprint density at radius 1 is 0.417 bits per heavy atom. The third kappa shape index (κ3) is 3.39. The summed E-state index contributed by atoms with van der Waals surface area (Å²) in [6.07, 6.45) is 3.55. The van der Waals surface area contributed by atoms with Crippen LogP contribution in [0.25, 0.3) is 66.5 Å². The lowest BCUT2D eigenvalue weighted by Crippen LogP contribution is -1.93. The topological polar surface area (TPSA) is 51.6 Å². The molecule has 0 spiro atoms. The number of rotatable bonds is 3. The molecule has 0 amide bonds. The van der Waals surface area contributed by atoms with Gasteiger partial charge in [0.2, 0.25) is 0 Å². The molecule has 3 aromatic heterocycles. The first-order valence-corrected chi connectivity index (χ1v) is 11.9. The number of nitrogens with zero attached hydrogens (tertiary/aromatic N) is 4. The molecular formula is C32H20N4. The average Bonchev–Trinajstić information content (AvgIpc) is 2.97. The molecule has 0 saturated heterocycles. The maximum atomic E-state index is 5.17. The van der Waals surface area contributed by atoms with Gasteiger partial charge in [0.05, 0.1) is 22.4 Å². The molecule has 0 unspecified atom stereocenters. The second kappa shape index (κ2) is 8.36. The molecule has 0 saturated carbocycles. The summed E-state index contributed by atoms with van der Waals surface area (Å²) in [4.78, 5) is 19.2. The highest BCUT2D eigenvalue weighted by Gasteiger charge is 2.13. The van der Waals surface area contributed by atoms with E-state index in [1.54, 1.807) is 12.4 Å². The van der Waals surface area contributed by atoms with E-state index in [2.05, 4.69) is 94.9 Å². The SMILES string of the molecule is c1ccc(-c2ccc3ccc4ccc(-c5ccc(-c6ncccn6)c6ccccc56)nc4c3n2)cc1. The Balaban J connectivity index is 1.45. The van der Waals surface area contributed by atoms with Gasteiger partial charge in [-0.15, -0.1) is 0 Å². The summed E-state index contributed by atoms with van der Waals surface area (Å²) in [5, 5.41) is 4.37. The van der Waals surface area contributed by atoms with Gasteiger partial charge < -0.3 is 0 Å². The van der Waals surface area contributed by atoms with Gasteiger partial charge in [0.15, 0.2) is 5.82 Å². The molecule has 36 heavy (non-hydrogen) atoms. The van der Waals surface area contributed by atoms with E-state index in [9.17, 15) is 0 Å². The summed E-state index contributed by atoms with van der Waals surface area (Å²) in [7, 11) is 0. The van der Waals surface area contributed by atoms with Crippen LogP contribution in [0.15, 0.2) is 122 Å². The molecule has 3 heterocycles. The number of aromatic nitrogens is 4. The van der Waals surface area contributed by atoms with Gasteiger partial charge in [0, 0.05) is 39.9 Å². The second-order valence-corrected chi connectivity index (χ2v) is 8.75. The minimum Gasteiger partial charge on any atom is -0.245 e. The van der Waals surface area contributed by atoms with Crippen LogP contribution in [0.4, 0.5) is 0 Å². The smallest absolute Gasteiger partial charge is 0.159 e. The Morgan fingerprint density at radius 3 is 1.69 bits per heavy atom. The quantitative estimate of drug-likeness (QED) is 0.253. The number of pyridine rings is 2. The third-order valence-corrected chi connectivity index (χ3v) is 6.60. The normalized spacial score (nSPS) is 11.3. The minimum absolute atomic E-state index is 0.718. The summed E-state index contributed by atoms with van der Waals surface area (Å²) in [5.74, 6) is 0.718. The summed E-state index contributed by atoms with van der Waals surface area (Å²) >= 11 is 0. The summed E-state index contributed by atoms with van der Waals surface area (Å²) in [5.41, 5.74) is 6.85. The fourth-order valence-corrected chi connectivity index (χ4v) is 4.84. The van der Waals surface area contributed by atoms with Crippen LogP contribution in [-0.2, 0) is 0 Å². The molecule has 7 rings (SSSR count). The van der Waals surface area contributed by atoms with E-state index in [-0.39, 0.29) is 0 Å². The largest absolute Gasteiger partial charge is 0.245 e. The van der Waals surface area contributed by atoms with E-state index >= 15 is 0 Å².